The zero-order chi connectivity index (χ0) is 71.8. The summed E-state index contributed by atoms with van der Waals surface area (Å²) < 4.78 is 23.1. The van der Waals surface area contributed by atoms with Crippen LogP contribution in [0.4, 0.5) is 0 Å². The number of ether oxygens (including phenoxy) is 4. The third-order valence-corrected chi connectivity index (χ3v) is 18.8. The molecule has 0 saturated heterocycles. The van der Waals surface area contributed by atoms with E-state index in [-0.39, 0.29) is 38.2 Å². The first-order chi connectivity index (χ1) is 48.6. The molecule has 0 spiro atoms. The summed E-state index contributed by atoms with van der Waals surface area (Å²) in [5.41, 5.74) is 0. The molecule has 0 aromatic rings. The van der Waals surface area contributed by atoms with Crippen LogP contribution in [0.3, 0.4) is 0 Å². The first-order valence-electron chi connectivity index (χ1n) is 42.4. The average Bonchev–Trinajstić information content (AvgIpc) is 2.62. The molecule has 0 aliphatic rings. The van der Waals surface area contributed by atoms with E-state index in [1.165, 1.54) is 289 Å². The molecule has 9 heteroatoms. The molecular formula is C90H162NO8+. The van der Waals surface area contributed by atoms with Gasteiger partial charge in [-0.25, -0.2) is 4.79 Å². The fourth-order valence-electron chi connectivity index (χ4n) is 12.4. The highest BCUT2D eigenvalue weighted by atomic mass is 16.7. The first kappa shape index (κ1) is 95.2. The number of carboxylic acid groups (broad SMARTS) is 1. The lowest BCUT2D eigenvalue weighted by atomic mass is 10.0. The molecule has 0 aliphatic carbocycles. The van der Waals surface area contributed by atoms with Crippen LogP contribution < -0.4 is 0 Å². The molecule has 0 radical (unpaired) electrons. The maximum absolute atomic E-state index is 13.0. The van der Waals surface area contributed by atoms with E-state index in [4.69, 9.17) is 18.9 Å². The van der Waals surface area contributed by atoms with Crippen molar-refractivity contribution in [2.45, 2.75) is 411 Å². The summed E-state index contributed by atoms with van der Waals surface area (Å²) in [4.78, 5) is 37.8. The number of allylic oxidation sites excluding steroid dienone is 16. The van der Waals surface area contributed by atoms with Gasteiger partial charge in [-0.3, -0.25) is 9.59 Å². The minimum Gasteiger partial charge on any atom is -0.477 e. The van der Waals surface area contributed by atoms with Gasteiger partial charge < -0.3 is 28.5 Å². The Morgan fingerprint density at radius 3 is 0.869 bits per heavy atom. The van der Waals surface area contributed by atoms with Gasteiger partial charge in [-0.2, -0.15) is 0 Å². The number of aliphatic carboxylic acids is 1. The molecule has 0 saturated carbocycles. The molecule has 99 heavy (non-hydrogen) atoms. The molecule has 0 rings (SSSR count). The third kappa shape index (κ3) is 81.4. The highest BCUT2D eigenvalue weighted by Gasteiger charge is 2.25. The summed E-state index contributed by atoms with van der Waals surface area (Å²) in [6, 6.07) is 0. The highest BCUT2D eigenvalue weighted by Crippen LogP contribution is 2.20. The smallest absolute Gasteiger partial charge is 0.361 e. The molecule has 0 aliphatic heterocycles. The second-order valence-electron chi connectivity index (χ2n) is 29.8. The molecule has 1 N–H and O–H groups in total. The number of carbonyl (C=O) groups excluding carboxylic acids is 2. The maximum atomic E-state index is 13.0. The van der Waals surface area contributed by atoms with Gasteiger partial charge in [-0.1, -0.05) is 387 Å². The van der Waals surface area contributed by atoms with Crippen molar-refractivity contribution in [3.63, 3.8) is 0 Å². The summed E-state index contributed by atoms with van der Waals surface area (Å²) in [5, 5.41) is 9.79. The van der Waals surface area contributed by atoms with Gasteiger partial charge in [0, 0.05) is 12.8 Å². The molecule has 0 amide bonds. The number of carboxylic acids is 1. The predicted molar refractivity (Wildman–Crippen MR) is 429 cm³/mol. The van der Waals surface area contributed by atoms with Crippen molar-refractivity contribution >= 4 is 17.9 Å². The Bertz CT molecular complexity index is 1960. The van der Waals surface area contributed by atoms with Gasteiger partial charge in [0.2, 0.25) is 0 Å². The summed E-state index contributed by atoms with van der Waals surface area (Å²) in [6.45, 7) is 4.82. The number of carbonyl (C=O) groups is 3. The van der Waals surface area contributed by atoms with Crippen LogP contribution in [0.25, 0.3) is 0 Å². The molecule has 574 valence electrons. The zero-order valence-electron chi connectivity index (χ0n) is 65.9. The molecule has 0 aromatic heterocycles. The van der Waals surface area contributed by atoms with Gasteiger partial charge in [0.05, 0.1) is 34.4 Å². The van der Waals surface area contributed by atoms with Crippen LogP contribution in [0.1, 0.15) is 399 Å². The quantitative estimate of drug-likeness (QED) is 0.0211. The Morgan fingerprint density at radius 1 is 0.313 bits per heavy atom. The fourth-order valence-corrected chi connectivity index (χ4v) is 12.4. The molecule has 0 bridgehead atoms. The number of rotatable bonds is 79. The van der Waals surface area contributed by atoms with Gasteiger partial charge >= 0.3 is 17.9 Å². The van der Waals surface area contributed by atoms with E-state index in [1.54, 1.807) is 0 Å². The molecule has 2 unspecified atom stereocenters. The van der Waals surface area contributed by atoms with Crippen LogP contribution >= 0.6 is 0 Å². The number of unbranched alkanes of at least 4 members (excludes halogenated alkanes) is 48. The van der Waals surface area contributed by atoms with E-state index < -0.39 is 18.4 Å². The van der Waals surface area contributed by atoms with Crippen LogP contribution in [-0.2, 0) is 33.3 Å². The van der Waals surface area contributed by atoms with E-state index in [0.717, 1.165) is 83.5 Å². The van der Waals surface area contributed by atoms with Crippen LogP contribution in [0.5, 0.6) is 0 Å². The second-order valence-corrected chi connectivity index (χ2v) is 29.8. The Balaban J connectivity index is 3.97. The van der Waals surface area contributed by atoms with Crippen LogP contribution in [0.15, 0.2) is 97.2 Å². The van der Waals surface area contributed by atoms with Gasteiger partial charge in [0.1, 0.15) is 13.2 Å². The number of nitrogens with zero attached hydrogens (tertiary/aromatic N) is 1. The van der Waals surface area contributed by atoms with Gasteiger partial charge in [-0.15, -0.1) is 0 Å². The number of esters is 2. The average molecular weight is 1390 g/mol. The summed E-state index contributed by atoms with van der Waals surface area (Å²) >= 11 is 0. The molecule has 2 atom stereocenters. The van der Waals surface area contributed by atoms with Crippen molar-refractivity contribution < 1.29 is 42.9 Å². The number of quaternary nitrogens is 1. The van der Waals surface area contributed by atoms with Crippen molar-refractivity contribution in [3.05, 3.63) is 97.2 Å². The van der Waals surface area contributed by atoms with E-state index >= 15 is 0 Å². The number of hydrogen-bond donors (Lipinski definition) is 1. The minimum atomic E-state index is -1.51. The Morgan fingerprint density at radius 2 is 0.576 bits per heavy atom. The Kier molecular flexibility index (Phi) is 76.8. The monoisotopic (exact) mass is 1390 g/mol. The molecule has 0 fully saturated rings. The van der Waals surface area contributed by atoms with E-state index in [0.29, 0.717) is 17.4 Å². The first-order valence-corrected chi connectivity index (χ1v) is 42.4. The van der Waals surface area contributed by atoms with Gasteiger partial charge in [0.15, 0.2) is 6.10 Å². The summed E-state index contributed by atoms with van der Waals surface area (Å²) in [5.74, 6) is -1.98. The fraction of sp³-hybridized carbons (Fsp3) is 0.789. The Hall–Kier alpha value is -3.79. The lowest BCUT2D eigenvalue weighted by Crippen LogP contribution is -2.40. The molecular weight excluding hydrogens is 1220 g/mol. The predicted octanol–water partition coefficient (Wildman–Crippen LogP) is 27.5. The van der Waals surface area contributed by atoms with E-state index in [1.807, 2.05) is 21.1 Å². The highest BCUT2D eigenvalue weighted by molar-refractivity contribution is 5.71. The topological polar surface area (TPSA) is 108 Å². The lowest BCUT2D eigenvalue weighted by molar-refractivity contribution is -0.870. The van der Waals surface area contributed by atoms with Crippen molar-refractivity contribution in [1.29, 1.82) is 0 Å². The Labute approximate surface area is 613 Å². The SMILES string of the molecule is CC/C=C\C/C=C\C/C=C\C/C=C\C/C=C\C/C=C\C/C=C\CCCCCCCCCCCCCCCCCCCCCC(=O)OC(COC(=O)CCCCCCCCCCCCCCCCCCCCCCC/C=C\CCCCCCCCCC)COC(OCC[N+](C)(C)C)C(=O)O. The lowest BCUT2D eigenvalue weighted by Gasteiger charge is -2.25. The maximum Gasteiger partial charge on any atom is 0.361 e. The second kappa shape index (κ2) is 79.9. The number of hydrogen-bond acceptors (Lipinski definition) is 7. The van der Waals surface area contributed by atoms with Crippen molar-refractivity contribution in [2.24, 2.45) is 0 Å². The molecule has 0 aromatic carbocycles. The van der Waals surface area contributed by atoms with Crippen LogP contribution in [-0.4, -0.2) is 87.4 Å². The van der Waals surface area contributed by atoms with E-state index in [2.05, 4.69) is 111 Å². The van der Waals surface area contributed by atoms with Crippen LogP contribution in [0, 0.1) is 0 Å². The van der Waals surface area contributed by atoms with Gasteiger partial charge in [0.25, 0.3) is 6.29 Å². The third-order valence-electron chi connectivity index (χ3n) is 18.8. The van der Waals surface area contributed by atoms with Crippen molar-refractivity contribution in [1.82, 2.24) is 0 Å². The van der Waals surface area contributed by atoms with Crippen LogP contribution in [0.2, 0.25) is 0 Å². The molecule has 0 heterocycles. The number of likely N-dealkylation sites (N-methyl/N-ethyl adjacent to an activating group) is 1. The summed E-state index contributed by atoms with van der Waals surface area (Å²) in [7, 11) is 6.00. The normalized spacial score (nSPS) is 13.1. The summed E-state index contributed by atoms with van der Waals surface area (Å²) in [6.07, 6.45) is 109. The van der Waals surface area contributed by atoms with Crippen molar-refractivity contribution in [3.8, 4) is 0 Å². The minimum absolute atomic E-state index is 0.179. The largest absolute Gasteiger partial charge is 0.477 e. The van der Waals surface area contributed by atoms with Crippen molar-refractivity contribution in [2.75, 3.05) is 47.5 Å². The zero-order valence-corrected chi connectivity index (χ0v) is 65.9. The van der Waals surface area contributed by atoms with E-state index in [9.17, 15) is 19.5 Å². The molecule has 9 nitrogen and oxygen atoms in total. The standard InChI is InChI=1S/C90H161NO8/c1-6-8-10-12-14-16-18-20-22-24-26-28-30-32-34-36-38-40-41-42-43-44-45-46-47-49-51-53-55-57-59-61-63-65-67-69-71-73-75-77-79-81-88(93)99-86(85-98-90(89(94)95)96-83-82-91(3,4)5)84-97-87(92)80-78-76-74-72-70-68-66-64-62-60-58-56-54-52-50-48-39-37-35-33-31-29-27-25-23-21-19-17-15-13-11-9-7-2/h8,10,14,16,20,22,25-28,32,34,38,40,42-43,86,90H,6-7,9,11-13,15,17-19,21,23-24,29-31,33,35-37,39,41,44-85H2,1-5H3/p+1/b10-8-,16-14-,22-20-,27-25-,28-26-,34-32-,40-38-,43-42-. The van der Waals surface area contributed by atoms with Gasteiger partial charge in [-0.05, 0) is 96.3 Å².